The molecule has 2 aromatic carbocycles. The molecule has 0 radical (unpaired) electrons. The van der Waals surface area contributed by atoms with Gasteiger partial charge in [0.25, 0.3) is 0 Å². The largest absolute Gasteiger partial charge is 0.298 e. The quantitative estimate of drug-likeness (QED) is 0.555. The lowest BCUT2D eigenvalue weighted by atomic mass is 10.0. The van der Waals surface area contributed by atoms with Crippen LogP contribution in [0.3, 0.4) is 0 Å². The molecule has 124 valence electrons. The zero-order chi connectivity index (χ0) is 17.1. The molecule has 0 aliphatic rings. The van der Waals surface area contributed by atoms with Gasteiger partial charge in [0.15, 0.2) is 0 Å². The van der Waals surface area contributed by atoms with Gasteiger partial charge in [-0.25, -0.2) is 4.98 Å². The van der Waals surface area contributed by atoms with Crippen molar-refractivity contribution in [1.29, 1.82) is 0 Å². The van der Waals surface area contributed by atoms with E-state index in [1.54, 1.807) is 0 Å². The molecule has 0 spiro atoms. The fourth-order valence-electron chi connectivity index (χ4n) is 2.93. The van der Waals surface area contributed by atoms with Gasteiger partial charge < -0.3 is 0 Å². The first-order chi connectivity index (χ1) is 11.6. The molecule has 0 amide bonds. The second-order valence-electron chi connectivity index (χ2n) is 6.13. The standard InChI is InChI=1S/C21H24N2S/c1-5-24(4)19-13-9-12-18(16(2)3)20(19)23-15-14-22-21(23)17-10-7-6-8-11-17/h5-16H,1-4H3. The lowest BCUT2D eigenvalue weighted by Gasteiger charge is -2.20. The average molecular weight is 337 g/mol. The Balaban J connectivity index is 2.29. The van der Waals surface area contributed by atoms with Crippen LogP contribution >= 0.6 is 10.5 Å². The predicted octanol–water partition coefficient (Wildman–Crippen LogP) is 5.74. The van der Waals surface area contributed by atoms with Crippen LogP contribution in [-0.2, 0) is 0 Å². The molecule has 3 rings (SSSR count). The van der Waals surface area contributed by atoms with Gasteiger partial charge in [0.05, 0.1) is 5.69 Å². The smallest absolute Gasteiger partial charge is 0.144 e. The molecule has 0 saturated carbocycles. The van der Waals surface area contributed by atoms with E-state index in [-0.39, 0.29) is 10.5 Å². The third-order valence-corrected chi connectivity index (χ3v) is 6.00. The van der Waals surface area contributed by atoms with E-state index in [0.717, 1.165) is 11.4 Å². The third kappa shape index (κ3) is 3.09. The maximum atomic E-state index is 4.65. The molecular weight excluding hydrogens is 312 g/mol. The molecule has 1 aromatic heterocycles. The average Bonchev–Trinajstić information content (AvgIpc) is 3.10. The second-order valence-corrected chi connectivity index (χ2v) is 8.16. The molecule has 1 heterocycles. The lowest BCUT2D eigenvalue weighted by molar-refractivity contribution is 0.838. The van der Waals surface area contributed by atoms with Crippen molar-refractivity contribution in [3.63, 3.8) is 0 Å². The highest BCUT2D eigenvalue weighted by Crippen LogP contribution is 2.36. The van der Waals surface area contributed by atoms with Crippen LogP contribution in [-0.4, -0.2) is 21.2 Å². The Bertz CT molecular complexity index is 861. The van der Waals surface area contributed by atoms with Crippen LogP contribution in [0.5, 0.6) is 0 Å². The topological polar surface area (TPSA) is 17.8 Å². The molecule has 0 fully saturated rings. The molecule has 0 bridgehead atoms. The zero-order valence-electron chi connectivity index (χ0n) is 14.7. The fraction of sp³-hybridized carbons (Fsp3) is 0.238. The number of para-hydroxylation sites is 1. The van der Waals surface area contributed by atoms with Gasteiger partial charge in [-0.15, -0.1) is 0 Å². The summed E-state index contributed by atoms with van der Waals surface area (Å²) in [5, 5.41) is 2.28. The minimum atomic E-state index is 0.0984. The molecule has 2 nitrogen and oxygen atoms in total. The van der Waals surface area contributed by atoms with E-state index >= 15 is 0 Å². The van der Waals surface area contributed by atoms with Crippen molar-refractivity contribution in [2.75, 3.05) is 6.26 Å². The van der Waals surface area contributed by atoms with Crippen molar-refractivity contribution >= 4 is 15.9 Å². The fourth-order valence-corrected chi connectivity index (χ4v) is 4.00. The maximum Gasteiger partial charge on any atom is 0.144 e. The number of benzene rings is 2. The maximum absolute atomic E-state index is 4.65. The predicted molar refractivity (Wildman–Crippen MR) is 107 cm³/mol. The van der Waals surface area contributed by atoms with Crippen LogP contribution in [0.25, 0.3) is 17.1 Å². The Hall–Kier alpha value is -2.13. The molecule has 3 aromatic rings. The molecule has 0 N–H and O–H groups in total. The number of hydrogen-bond donors (Lipinski definition) is 0. The van der Waals surface area contributed by atoms with Crippen LogP contribution < -0.4 is 0 Å². The molecule has 1 atom stereocenters. The van der Waals surface area contributed by atoms with Gasteiger partial charge in [-0.05, 0) is 30.7 Å². The summed E-state index contributed by atoms with van der Waals surface area (Å²) in [5.74, 6) is 1.46. The van der Waals surface area contributed by atoms with Crippen molar-refractivity contribution in [3.05, 3.63) is 66.5 Å². The minimum Gasteiger partial charge on any atom is -0.298 e. The van der Waals surface area contributed by atoms with Crippen molar-refractivity contribution in [3.8, 4) is 17.1 Å². The second kappa shape index (κ2) is 7.18. The first-order valence-electron chi connectivity index (χ1n) is 8.29. The van der Waals surface area contributed by atoms with E-state index in [4.69, 9.17) is 0 Å². The molecule has 24 heavy (non-hydrogen) atoms. The molecule has 0 aliphatic heterocycles. The lowest BCUT2D eigenvalue weighted by Crippen LogP contribution is -2.05. The summed E-state index contributed by atoms with van der Waals surface area (Å²) in [7, 11) is 0.0984. The van der Waals surface area contributed by atoms with Crippen molar-refractivity contribution in [2.24, 2.45) is 0 Å². The Morgan fingerprint density at radius 2 is 1.79 bits per heavy atom. The van der Waals surface area contributed by atoms with Crippen molar-refractivity contribution < 1.29 is 0 Å². The molecule has 1 unspecified atom stereocenters. The summed E-state index contributed by atoms with van der Waals surface area (Å²) in [6, 6.07) is 17.1. The first kappa shape index (κ1) is 16.7. The number of imidazole rings is 1. The Morgan fingerprint density at radius 3 is 2.46 bits per heavy atom. The van der Waals surface area contributed by atoms with Crippen LogP contribution in [0.2, 0.25) is 0 Å². The van der Waals surface area contributed by atoms with E-state index < -0.39 is 0 Å². The molecule has 0 saturated heterocycles. The van der Waals surface area contributed by atoms with Crippen LogP contribution in [0.15, 0.2) is 65.8 Å². The highest BCUT2D eigenvalue weighted by atomic mass is 32.2. The monoisotopic (exact) mass is 336 g/mol. The summed E-state index contributed by atoms with van der Waals surface area (Å²) in [6.07, 6.45) is 6.26. The van der Waals surface area contributed by atoms with E-state index in [2.05, 4.69) is 90.6 Å². The SMILES string of the molecule is C/C=S(\C)c1cccc(C(C)C)c1-n1ccnc1-c1ccccc1. The Labute approximate surface area is 147 Å². The molecule has 0 aliphatic carbocycles. The third-order valence-electron chi connectivity index (χ3n) is 4.27. The van der Waals surface area contributed by atoms with Crippen LogP contribution in [0.4, 0.5) is 0 Å². The number of aromatic nitrogens is 2. The normalized spacial score (nSPS) is 12.7. The van der Waals surface area contributed by atoms with Gasteiger partial charge in [-0.1, -0.05) is 61.7 Å². The van der Waals surface area contributed by atoms with Gasteiger partial charge in [-0.2, -0.15) is 10.5 Å². The van der Waals surface area contributed by atoms with E-state index in [0.29, 0.717) is 5.92 Å². The van der Waals surface area contributed by atoms with E-state index in [1.165, 1.54) is 16.1 Å². The highest BCUT2D eigenvalue weighted by molar-refractivity contribution is 8.14. The molecular formula is C21H24N2S. The van der Waals surface area contributed by atoms with Gasteiger partial charge >= 0.3 is 0 Å². The van der Waals surface area contributed by atoms with Gasteiger partial charge in [0.1, 0.15) is 5.82 Å². The van der Waals surface area contributed by atoms with Crippen molar-refractivity contribution in [2.45, 2.75) is 31.6 Å². The van der Waals surface area contributed by atoms with Gasteiger partial charge in [0, 0.05) is 22.9 Å². The zero-order valence-corrected chi connectivity index (χ0v) is 15.5. The Morgan fingerprint density at radius 1 is 1.04 bits per heavy atom. The summed E-state index contributed by atoms with van der Waals surface area (Å²) in [5.41, 5.74) is 3.79. The number of rotatable bonds is 4. The summed E-state index contributed by atoms with van der Waals surface area (Å²) in [6.45, 7) is 6.65. The summed E-state index contributed by atoms with van der Waals surface area (Å²) < 4.78 is 2.26. The van der Waals surface area contributed by atoms with Crippen LogP contribution in [0.1, 0.15) is 32.3 Å². The number of hydrogen-bond acceptors (Lipinski definition) is 1. The van der Waals surface area contributed by atoms with Crippen molar-refractivity contribution in [1.82, 2.24) is 9.55 Å². The minimum absolute atomic E-state index is 0.0984. The van der Waals surface area contributed by atoms with E-state index in [9.17, 15) is 0 Å². The summed E-state index contributed by atoms with van der Waals surface area (Å²) >= 11 is 0. The Kier molecular flexibility index (Phi) is 5.00. The van der Waals surface area contributed by atoms with Gasteiger partial charge in [-0.3, -0.25) is 4.57 Å². The highest BCUT2D eigenvalue weighted by Gasteiger charge is 2.17. The molecule has 3 heteroatoms. The summed E-state index contributed by atoms with van der Waals surface area (Å²) in [4.78, 5) is 6.02. The number of nitrogens with zero attached hydrogens (tertiary/aromatic N) is 2. The van der Waals surface area contributed by atoms with Gasteiger partial charge in [0.2, 0.25) is 0 Å². The first-order valence-corrected chi connectivity index (χ1v) is 9.99. The van der Waals surface area contributed by atoms with E-state index in [1.807, 2.05) is 12.3 Å². The van der Waals surface area contributed by atoms with Crippen LogP contribution in [0, 0.1) is 0 Å².